The van der Waals surface area contributed by atoms with Crippen LogP contribution in [0.4, 0.5) is 0 Å². The van der Waals surface area contributed by atoms with Crippen LogP contribution in [-0.2, 0) is 23.9 Å². The fourth-order valence-electron chi connectivity index (χ4n) is 1.76. The fourth-order valence-corrected chi connectivity index (χ4v) is 1.76. The van der Waals surface area contributed by atoms with Gasteiger partial charge in [-0.25, -0.2) is 0 Å². The highest BCUT2D eigenvalue weighted by atomic mass is 16.5. The lowest BCUT2D eigenvalue weighted by Gasteiger charge is -2.00. The van der Waals surface area contributed by atoms with Crippen molar-refractivity contribution in [3.63, 3.8) is 0 Å². The molecular weight excluding hydrogens is 236 g/mol. The highest BCUT2D eigenvalue weighted by Gasteiger charge is 2.38. The van der Waals surface area contributed by atoms with Crippen molar-refractivity contribution < 1.29 is 23.9 Å². The molecule has 0 spiro atoms. The van der Waals surface area contributed by atoms with Crippen molar-refractivity contribution in [2.75, 3.05) is 7.11 Å². The second-order valence-electron chi connectivity index (χ2n) is 4.16. The largest absolute Gasteiger partial charge is 0.469 e. The van der Waals surface area contributed by atoms with Gasteiger partial charge < -0.3 is 4.74 Å². The monoisotopic (exact) mass is 252 g/mol. The standard InChI is InChI=1S/C13H16O5/c1-18-12(16)7-5-3-2-4-6-9-10(14)8-11(15)13(9)17/h2,4,9H,3,5-8H2,1H3/b4-2-. The van der Waals surface area contributed by atoms with Gasteiger partial charge in [-0.3, -0.25) is 19.2 Å². The molecule has 1 saturated carbocycles. The molecule has 1 rings (SSSR count). The summed E-state index contributed by atoms with van der Waals surface area (Å²) in [5, 5.41) is 0. The predicted molar refractivity (Wildman–Crippen MR) is 62.8 cm³/mol. The second-order valence-corrected chi connectivity index (χ2v) is 4.16. The molecular formula is C13H16O5. The summed E-state index contributed by atoms with van der Waals surface area (Å²) in [6.07, 6.45) is 5.25. The summed E-state index contributed by atoms with van der Waals surface area (Å²) in [4.78, 5) is 44.4. The van der Waals surface area contributed by atoms with Crippen LogP contribution >= 0.6 is 0 Å². The van der Waals surface area contributed by atoms with Gasteiger partial charge in [-0.15, -0.1) is 0 Å². The van der Waals surface area contributed by atoms with Gasteiger partial charge in [0.2, 0.25) is 11.6 Å². The van der Waals surface area contributed by atoms with E-state index in [0.717, 1.165) is 0 Å². The maximum atomic E-state index is 11.3. The first-order valence-electron chi connectivity index (χ1n) is 5.87. The quantitative estimate of drug-likeness (QED) is 0.232. The lowest BCUT2D eigenvalue weighted by atomic mass is 10.0. The van der Waals surface area contributed by atoms with Crippen molar-refractivity contribution >= 4 is 23.3 Å². The van der Waals surface area contributed by atoms with Crippen LogP contribution < -0.4 is 0 Å². The van der Waals surface area contributed by atoms with E-state index in [0.29, 0.717) is 19.3 Å². The van der Waals surface area contributed by atoms with E-state index < -0.39 is 17.5 Å². The zero-order valence-electron chi connectivity index (χ0n) is 10.3. The van der Waals surface area contributed by atoms with Gasteiger partial charge in [-0.1, -0.05) is 12.2 Å². The molecule has 5 heteroatoms. The molecule has 1 atom stereocenters. The van der Waals surface area contributed by atoms with Crippen molar-refractivity contribution in [2.45, 2.75) is 32.1 Å². The third-order valence-corrected chi connectivity index (χ3v) is 2.83. The molecule has 0 aromatic carbocycles. The second kappa shape index (κ2) is 6.83. The number of hydrogen-bond acceptors (Lipinski definition) is 5. The number of ether oxygens (including phenoxy) is 1. The summed E-state index contributed by atoms with van der Waals surface area (Å²) in [7, 11) is 1.34. The molecule has 0 bridgehead atoms. The zero-order chi connectivity index (χ0) is 13.5. The molecule has 0 saturated heterocycles. The van der Waals surface area contributed by atoms with Gasteiger partial charge in [0, 0.05) is 6.42 Å². The van der Waals surface area contributed by atoms with E-state index in [9.17, 15) is 19.2 Å². The molecule has 0 aromatic rings. The van der Waals surface area contributed by atoms with Crippen molar-refractivity contribution in [1.29, 1.82) is 0 Å². The third-order valence-electron chi connectivity index (χ3n) is 2.83. The van der Waals surface area contributed by atoms with Crippen LogP contribution in [-0.4, -0.2) is 30.4 Å². The summed E-state index contributed by atoms with van der Waals surface area (Å²) < 4.78 is 4.49. The van der Waals surface area contributed by atoms with Crippen LogP contribution in [0, 0.1) is 5.92 Å². The number of carbonyl (C=O) groups is 4. The molecule has 0 aliphatic heterocycles. The average Bonchev–Trinajstić information content (AvgIpc) is 2.59. The molecule has 98 valence electrons. The summed E-state index contributed by atoms with van der Waals surface area (Å²) in [5.41, 5.74) is 0. The van der Waals surface area contributed by atoms with E-state index >= 15 is 0 Å². The SMILES string of the molecule is COC(=O)CCC/C=C\CC1C(=O)CC(=O)C1=O. The van der Waals surface area contributed by atoms with Gasteiger partial charge in [0.1, 0.15) is 0 Å². The molecule has 0 aromatic heterocycles. The minimum atomic E-state index is -0.783. The Morgan fingerprint density at radius 3 is 2.61 bits per heavy atom. The minimum absolute atomic E-state index is 0.250. The average molecular weight is 252 g/mol. The highest BCUT2D eigenvalue weighted by Crippen LogP contribution is 2.18. The van der Waals surface area contributed by atoms with E-state index in [1.54, 1.807) is 6.08 Å². The van der Waals surface area contributed by atoms with Crippen molar-refractivity contribution in [3.05, 3.63) is 12.2 Å². The van der Waals surface area contributed by atoms with Crippen LogP contribution in [0.5, 0.6) is 0 Å². The van der Waals surface area contributed by atoms with E-state index in [2.05, 4.69) is 4.74 Å². The van der Waals surface area contributed by atoms with Crippen LogP contribution in [0.1, 0.15) is 32.1 Å². The molecule has 0 heterocycles. The molecule has 1 unspecified atom stereocenters. The number of rotatable bonds is 6. The van der Waals surface area contributed by atoms with Crippen LogP contribution in [0.15, 0.2) is 12.2 Å². The lowest BCUT2D eigenvalue weighted by molar-refractivity contribution is -0.140. The first-order valence-corrected chi connectivity index (χ1v) is 5.87. The number of methoxy groups -OCH3 is 1. The first kappa shape index (κ1) is 14.3. The Morgan fingerprint density at radius 1 is 1.33 bits per heavy atom. The molecule has 0 amide bonds. The number of ketones is 3. The van der Waals surface area contributed by atoms with Crippen molar-refractivity contribution in [3.8, 4) is 0 Å². The Kier molecular flexibility index (Phi) is 5.42. The fraction of sp³-hybridized carbons (Fsp3) is 0.538. The Labute approximate surface area is 105 Å². The summed E-state index contributed by atoms with van der Waals surface area (Å²) >= 11 is 0. The zero-order valence-corrected chi connectivity index (χ0v) is 10.3. The normalized spacial score (nSPS) is 19.8. The Hall–Kier alpha value is -1.78. The minimum Gasteiger partial charge on any atom is -0.469 e. The van der Waals surface area contributed by atoms with Gasteiger partial charge in [0.15, 0.2) is 5.78 Å². The number of Topliss-reactive ketones (excluding diaryl/α,β-unsaturated/α-hetero) is 3. The van der Waals surface area contributed by atoms with E-state index in [-0.39, 0.29) is 24.6 Å². The van der Waals surface area contributed by atoms with Crippen molar-refractivity contribution in [1.82, 2.24) is 0 Å². The number of unbranched alkanes of at least 4 members (excludes halogenated alkanes) is 1. The molecule has 0 N–H and O–H groups in total. The number of esters is 1. The Balaban J connectivity index is 2.24. The highest BCUT2D eigenvalue weighted by molar-refractivity contribution is 6.49. The van der Waals surface area contributed by atoms with Gasteiger partial charge in [0.05, 0.1) is 19.4 Å². The number of hydrogen-bond donors (Lipinski definition) is 0. The molecule has 18 heavy (non-hydrogen) atoms. The van der Waals surface area contributed by atoms with E-state index in [4.69, 9.17) is 0 Å². The Bertz CT molecular complexity index is 394. The van der Waals surface area contributed by atoms with Gasteiger partial charge in [0.25, 0.3) is 0 Å². The van der Waals surface area contributed by atoms with Crippen LogP contribution in [0.25, 0.3) is 0 Å². The van der Waals surface area contributed by atoms with Gasteiger partial charge in [-0.2, -0.15) is 0 Å². The maximum Gasteiger partial charge on any atom is 0.305 e. The smallest absolute Gasteiger partial charge is 0.305 e. The Morgan fingerprint density at radius 2 is 2.06 bits per heavy atom. The summed E-state index contributed by atoms with van der Waals surface area (Å²) in [6, 6.07) is 0. The molecule has 1 aliphatic carbocycles. The topological polar surface area (TPSA) is 77.5 Å². The van der Waals surface area contributed by atoms with Crippen molar-refractivity contribution in [2.24, 2.45) is 5.92 Å². The number of carbonyl (C=O) groups excluding carboxylic acids is 4. The molecule has 0 radical (unpaired) electrons. The maximum absolute atomic E-state index is 11.3. The summed E-state index contributed by atoms with van der Waals surface area (Å²) in [6.45, 7) is 0. The van der Waals surface area contributed by atoms with Crippen LogP contribution in [0.2, 0.25) is 0 Å². The lowest BCUT2D eigenvalue weighted by Crippen LogP contribution is -2.15. The van der Waals surface area contributed by atoms with Crippen LogP contribution in [0.3, 0.4) is 0 Å². The molecule has 1 aliphatic rings. The van der Waals surface area contributed by atoms with Gasteiger partial charge >= 0.3 is 5.97 Å². The van der Waals surface area contributed by atoms with E-state index in [1.165, 1.54) is 7.11 Å². The third kappa shape index (κ3) is 3.91. The predicted octanol–water partition coefficient (Wildman–Crippen LogP) is 1.00. The first-order chi connectivity index (χ1) is 8.56. The van der Waals surface area contributed by atoms with E-state index in [1.807, 2.05) is 6.08 Å². The molecule has 1 fully saturated rings. The van der Waals surface area contributed by atoms with Gasteiger partial charge in [-0.05, 0) is 19.3 Å². The number of allylic oxidation sites excluding steroid dienone is 2. The molecule has 5 nitrogen and oxygen atoms in total. The summed E-state index contributed by atoms with van der Waals surface area (Å²) in [5.74, 6) is -2.47.